The number of H-pyrrole nitrogens is 2. The summed E-state index contributed by atoms with van der Waals surface area (Å²) in [5.74, 6) is 0.00585. The first-order valence-electron chi connectivity index (χ1n) is 25.5. The van der Waals surface area contributed by atoms with E-state index in [9.17, 15) is 50.4 Å². The Hall–Kier alpha value is -3.94. The van der Waals surface area contributed by atoms with Crippen LogP contribution in [0.2, 0.25) is 0 Å². The van der Waals surface area contributed by atoms with E-state index in [0.717, 1.165) is 62.1 Å². The van der Waals surface area contributed by atoms with Crippen LogP contribution in [0.4, 0.5) is 0 Å². The number of nitrogens with one attached hydrogen (secondary N) is 2. The molecule has 3 aromatic heterocycles. The second-order valence-electron chi connectivity index (χ2n) is 19.8. The van der Waals surface area contributed by atoms with E-state index < -0.39 is 78.9 Å². The summed E-state index contributed by atoms with van der Waals surface area (Å²) in [5, 5.41) is 81.1. The minimum absolute atomic E-state index is 0.0732. The average molecular weight is 1070 g/mol. The summed E-state index contributed by atoms with van der Waals surface area (Å²) in [4.78, 5) is 47.0. The third-order valence-electron chi connectivity index (χ3n) is 15.1. The smallest absolute Gasteiger partial charge is 0.340 e. The molecule has 74 heavy (non-hydrogen) atoms. The van der Waals surface area contributed by atoms with Crippen molar-refractivity contribution in [3.63, 3.8) is 0 Å². The molecule has 7 heterocycles. The molecule has 10 N–H and O–H groups in total. The van der Waals surface area contributed by atoms with Crippen molar-refractivity contribution in [2.45, 2.75) is 158 Å². The van der Waals surface area contributed by atoms with Gasteiger partial charge in [-0.25, -0.2) is 9.78 Å². The number of aromatic amines is 2. The number of aryl methyl sites for hydroxylation is 3. The number of ether oxygens (including phenoxy) is 4. The molecule has 13 atom stereocenters. The number of esters is 1. The fraction of sp³-hybridized carbons (Fsp3) is 0.623. The zero-order chi connectivity index (χ0) is 53.9. The van der Waals surface area contributed by atoms with E-state index in [-0.39, 0.29) is 30.3 Å². The number of nitrogens with zero attached hydrogens (tertiary/aromatic N) is 3. The number of rotatable bonds is 19. The topological polar surface area (TPSA) is 293 Å². The van der Waals surface area contributed by atoms with Crippen molar-refractivity contribution in [3.05, 3.63) is 68.8 Å². The summed E-state index contributed by atoms with van der Waals surface area (Å²) < 4.78 is 23.2. The van der Waals surface area contributed by atoms with Crippen LogP contribution in [0.25, 0.3) is 33.2 Å². The van der Waals surface area contributed by atoms with Crippen molar-refractivity contribution in [2.24, 2.45) is 0 Å². The maximum absolute atomic E-state index is 13.9. The third-order valence-corrected chi connectivity index (χ3v) is 17.6. The highest BCUT2D eigenvalue weighted by Gasteiger charge is 2.45. The van der Waals surface area contributed by atoms with Gasteiger partial charge < -0.3 is 74.7 Å². The molecule has 19 nitrogen and oxygen atoms in total. The van der Waals surface area contributed by atoms with Gasteiger partial charge in [-0.3, -0.25) is 9.78 Å². The van der Waals surface area contributed by atoms with E-state index in [1.165, 1.54) is 30.6 Å². The Morgan fingerprint density at radius 2 is 1.38 bits per heavy atom. The summed E-state index contributed by atoms with van der Waals surface area (Å²) in [7, 11) is 3.10. The maximum Gasteiger partial charge on any atom is 0.340 e. The number of amides is 1. The van der Waals surface area contributed by atoms with E-state index in [4.69, 9.17) is 28.9 Å². The molecule has 0 spiro atoms. The first-order chi connectivity index (χ1) is 35.3. The number of hydrogen-bond donors (Lipinski definition) is 10. The fourth-order valence-electron chi connectivity index (χ4n) is 10.5. The molecular formula is C53H75N5O14S2. The van der Waals surface area contributed by atoms with Crippen LogP contribution in [-0.4, -0.2) is 189 Å². The monoisotopic (exact) mass is 1070 g/mol. The normalized spacial score (nSPS) is 27.6. The standard InChI is InChI=1S/C53H75N5O14S2/c1-10-30-24(2)32-21-37-41(29(7)70-16-12-18-74-53-50(67)48(65)46(63)39(23-60)72-53)26(4)34(55-37)19-33-25(3)31(43(56-33)28(6)44-42(51(68)69-9)27(5)35(57-44)20-36(30)54-32)13-14-40(61)58(8)15-11-17-73-52-49(66)47(64)45(62)38(22-59)71-52/h19-21,25,29,31,38-39,45-50,52-55,59-60,62-67H,10-18,22-23H2,1-9H3/t25-,29?,31-,38+,39+,45+,46+,47-,48-,49+,50+,52-,53-/m0/s1. The summed E-state index contributed by atoms with van der Waals surface area (Å²) >= 11 is 2.53. The van der Waals surface area contributed by atoms with Crippen molar-refractivity contribution in [3.8, 4) is 0 Å². The van der Waals surface area contributed by atoms with Gasteiger partial charge in [0.2, 0.25) is 5.91 Å². The van der Waals surface area contributed by atoms with Gasteiger partial charge in [0, 0.05) is 77.5 Å². The van der Waals surface area contributed by atoms with E-state index >= 15 is 0 Å². The zero-order valence-corrected chi connectivity index (χ0v) is 45.3. The lowest BCUT2D eigenvalue weighted by Gasteiger charge is -2.39. The van der Waals surface area contributed by atoms with Gasteiger partial charge >= 0.3 is 5.97 Å². The molecule has 0 aromatic carbocycles. The van der Waals surface area contributed by atoms with Crippen LogP contribution in [0.1, 0.15) is 122 Å². The largest absolute Gasteiger partial charge is 0.465 e. The highest BCUT2D eigenvalue weighted by Crippen LogP contribution is 2.44. The predicted octanol–water partition coefficient (Wildman–Crippen LogP) is 3.96. The number of hydrogen-bond acceptors (Lipinski definition) is 18. The molecule has 7 rings (SSSR count). The molecule has 0 radical (unpaired) electrons. The van der Waals surface area contributed by atoms with Crippen LogP contribution in [-0.2, 0) is 35.0 Å². The van der Waals surface area contributed by atoms with Crippen LogP contribution in [0.5, 0.6) is 0 Å². The van der Waals surface area contributed by atoms with Crippen molar-refractivity contribution in [1.29, 1.82) is 0 Å². The van der Waals surface area contributed by atoms with Crippen LogP contribution < -0.4 is 0 Å². The molecule has 21 heteroatoms. The average Bonchev–Trinajstić information content (AvgIpc) is 4.08. The molecular weight excluding hydrogens is 995 g/mol. The number of aromatic nitrogens is 4. The molecule has 8 bridgehead atoms. The number of carbonyl (C=O) groups is 2. The number of fused-ring (bicyclic) bond motifs is 8. The quantitative estimate of drug-likeness (QED) is 0.0601. The molecule has 1 amide bonds. The Morgan fingerprint density at radius 3 is 1.97 bits per heavy atom. The summed E-state index contributed by atoms with van der Waals surface area (Å²) in [6.45, 7) is 13.9. The van der Waals surface area contributed by atoms with Gasteiger partial charge in [0.05, 0.1) is 43.4 Å². The van der Waals surface area contributed by atoms with Crippen LogP contribution in [0.15, 0.2) is 18.2 Å². The van der Waals surface area contributed by atoms with E-state index in [2.05, 4.69) is 42.9 Å². The molecule has 1 unspecified atom stereocenters. The van der Waals surface area contributed by atoms with E-state index in [0.29, 0.717) is 72.0 Å². The number of thioether (sulfide) groups is 2. The third kappa shape index (κ3) is 11.9. The highest BCUT2D eigenvalue weighted by atomic mass is 32.2. The van der Waals surface area contributed by atoms with Crippen molar-refractivity contribution in [1.82, 2.24) is 24.8 Å². The van der Waals surface area contributed by atoms with Gasteiger partial charge in [-0.1, -0.05) is 13.8 Å². The Bertz CT molecular complexity index is 2690. The van der Waals surface area contributed by atoms with Crippen molar-refractivity contribution >= 4 is 68.6 Å². The lowest BCUT2D eigenvalue weighted by Crippen LogP contribution is -2.57. The van der Waals surface area contributed by atoms with Crippen LogP contribution in [0, 0.1) is 20.8 Å². The SMILES string of the molecule is CCc1c(C)c2cc3[nH]c(cc4nc(c(C)c5nc(cc1[nH]2)C(C)=C5C(=O)OC)[C@@H](CCC(=O)N(C)CCCS[C@@H]1O[C@H](CO)[C@@H](O)[C@H](O)[C@H]1O)[C@@H]4C)c(C)c3C(C)OCCCS[C@@H]1O[C@H](CO)[C@@H](O)[C@H](O)[C@H]1O. The summed E-state index contributed by atoms with van der Waals surface area (Å²) in [6, 6.07) is 6.13. The van der Waals surface area contributed by atoms with Crippen molar-refractivity contribution < 1.29 is 69.4 Å². The van der Waals surface area contributed by atoms with Crippen molar-refractivity contribution in [2.75, 3.05) is 52.0 Å². The lowest BCUT2D eigenvalue weighted by molar-refractivity contribution is -0.205. The van der Waals surface area contributed by atoms with E-state index in [1.807, 2.05) is 33.8 Å². The van der Waals surface area contributed by atoms with Gasteiger partial charge in [-0.15, -0.1) is 23.5 Å². The lowest BCUT2D eigenvalue weighted by atomic mass is 9.85. The maximum atomic E-state index is 13.9. The first kappa shape index (κ1) is 57.8. The highest BCUT2D eigenvalue weighted by molar-refractivity contribution is 8.00. The number of carbonyl (C=O) groups excluding carboxylic acids is 2. The zero-order valence-electron chi connectivity index (χ0n) is 43.7. The van der Waals surface area contributed by atoms with Gasteiger partial charge in [0.15, 0.2) is 0 Å². The Labute approximate surface area is 440 Å². The number of aliphatic hydroxyl groups is 8. The molecule has 408 valence electrons. The number of methoxy groups -OCH3 is 1. The molecule has 4 aliphatic rings. The van der Waals surface area contributed by atoms with E-state index in [1.54, 1.807) is 11.9 Å². The second kappa shape index (κ2) is 25.0. The molecule has 0 aliphatic carbocycles. The van der Waals surface area contributed by atoms with Gasteiger partial charge in [0.1, 0.15) is 59.7 Å². The van der Waals surface area contributed by atoms with Crippen LogP contribution in [0.3, 0.4) is 0 Å². The Balaban J connectivity index is 1.19. The Kier molecular flexibility index (Phi) is 19.5. The molecule has 0 saturated carbocycles. The second-order valence-corrected chi connectivity index (χ2v) is 22.2. The number of allylic oxidation sites excluding steroid dienone is 1. The first-order valence-corrected chi connectivity index (χ1v) is 27.6. The minimum atomic E-state index is -1.46. The molecule has 2 saturated heterocycles. The van der Waals surface area contributed by atoms with Gasteiger partial charge in [-0.2, -0.15) is 0 Å². The molecule has 2 fully saturated rings. The molecule has 4 aliphatic heterocycles. The summed E-state index contributed by atoms with van der Waals surface area (Å²) in [5.41, 5.74) is 10.1. The predicted molar refractivity (Wildman–Crippen MR) is 283 cm³/mol. The molecule has 3 aromatic rings. The van der Waals surface area contributed by atoms with Gasteiger partial charge in [0.25, 0.3) is 0 Å². The minimum Gasteiger partial charge on any atom is -0.465 e. The van der Waals surface area contributed by atoms with Crippen LogP contribution >= 0.6 is 23.5 Å². The summed E-state index contributed by atoms with van der Waals surface area (Å²) in [6.07, 6.45) is -8.22. The Morgan fingerprint density at radius 1 is 0.784 bits per heavy atom. The fourth-order valence-corrected chi connectivity index (χ4v) is 12.7. The number of aliphatic hydroxyl groups excluding tert-OH is 8. The van der Waals surface area contributed by atoms with Gasteiger partial charge in [-0.05, 0) is 118 Å².